The molecule has 2 nitrogen and oxygen atoms in total. The third-order valence-corrected chi connectivity index (χ3v) is 7.62. The average molecular weight is 496 g/mol. The third kappa shape index (κ3) is 3.89. The van der Waals surface area contributed by atoms with E-state index < -0.39 is 0 Å². The summed E-state index contributed by atoms with van der Waals surface area (Å²) < 4.78 is 2.41. The van der Waals surface area contributed by atoms with E-state index in [1.807, 2.05) is 0 Å². The summed E-state index contributed by atoms with van der Waals surface area (Å²) in [6, 6.07) is 45.8. The van der Waals surface area contributed by atoms with Crippen LogP contribution in [0.2, 0.25) is 0 Å². The van der Waals surface area contributed by atoms with Gasteiger partial charge in [-0.3, -0.25) is 4.57 Å². The zero-order valence-corrected chi connectivity index (χ0v) is 22.5. The first-order valence-electron chi connectivity index (χ1n) is 13.6. The Balaban J connectivity index is 1.62. The summed E-state index contributed by atoms with van der Waals surface area (Å²) >= 11 is 0. The van der Waals surface area contributed by atoms with E-state index >= 15 is 0 Å². The van der Waals surface area contributed by atoms with Crippen LogP contribution >= 0.6 is 0 Å². The van der Waals surface area contributed by atoms with Crippen LogP contribution in [-0.4, -0.2) is 33.1 Å². The van der Waals surface area contributed by atoms with Crippen LogP contribution in [0.1, 0.15) is 5.82 Å². The van der Waals surface area contributed by atoms with Crippen LogP contribution in [0.5, 0.6) is 0 Å². The summed E-state index contributed by atoms with van der Waals surface area (Å²) in [5.41, 5.74) is 8.30. The Labute approximate surface area is 231 Å². The fraction of sp³-hybridized carbons (Fsp3) is 0.0294. The summed E-state index contributed by atoms with van der Waals surface area (Å²) in [7, 11) is 6.75. The SMILES string of the molecule is BC(B)(B)c1nc2ccccc2n1-c1c2ccccc2c(-c2cccc(-c3ccccc3)c2)c2ccccc12. The fourth-order valence-corrected chi connectivity index (χ4v) is 5.90. The molecule has 0 saturated heterocycles. The van der Waals surface area contributed by atoms with Gasteiger partial charge in [-0.1, -0.05) is 114 Å². The lowest BCUT2D eigenvalue weighted by atomic mass is 9.42. The molecule has 7 aromatic rings. The van der Waals surface area contributed by atoms with E-state index in [0.29, 0.717) is 0 Å². The highest BCUT2D eigenvalue weighted by Crippen LogP contribution is 2.43. The first-order valence-corrected chi connectivity index (χ1v) is 13.6. The van der Waals surface area contributed by atoms with Crippen LogP contribution in [0.25, 0.3) is 60.5 Å². The number of aromatic nitrogens is 2. The Hall–Kier alpha value is -4.50. The zero-order valence-electron chi connectivity index (χ0n) is 22.5. The highest BCUT2D eigenvalue weighted by atomic mass is 15.1. The monoisotopic (exact) mass is 496 g/mol. The summed E-state index contributed by atoms with van der Waals surface area (Å²) in [4.78, 5) is 5.16. The lowest BCUT2D eigenvalue weighted by Crippen LogP contribution is -2.31. The molecule has 39 heavy (non-hydrogen) atoms. The van der Waals surface area contributed by atoms with Crippen molar-refractivity contribution in [3.8, 4) is 27.9 Å². The highest BCUT2D eigenvalue weighted by Gasteiger charge is 2.26. The Morgan fingerprint density at radius 3 is 1.72 bits per heavy atom. The minimum Gasteiger partial charge on any atom is -0.296 e. The van der Waals surface area contributed by atoms with Crippen LogP contribution in [0.4, 0.5) is 0 Å². The van der Waals surface area contributed by atoms with Gasteiger partial charge < -0.3 is 0 Å². The molecule has 0 unspecified atom stereocenters. The van der Waals surface area contributed by atoms with E-state index in [4.69, 9.17) is 4.98 Å². The highest BCUT2D eigenvalue weighted by molar-refractivity contribution is 6.58. The lowest BCUT2D eigenvalue weighted by molar-refractivity contribution is 0.939. The van der Waals surface area contributed by atoms with Gasteiger partial charge in [-0.25, -0.2) is 4.98 Å². The van der Waals surface area contributed by atoms with Crippen LogP contribution in [0.15, 0.2) is 127 Å². The summed E-state index contributed by atoms with van der Waals surface area (Å²) in [6.07, 6.45) is 0. The second-order valence-electron chi connectivity index (χ2n) is 11.3. The number of hydrogen-bond acceptors (Lipinski definition) is 1. The number of fused-ring (bicyclic) bond motifs is 3. The van der Waals surface area contributed by atoms with Gasteiger partial charge in [0, 0.05) is 10.8 Å². The van der Waals surface area contributed by atoms with E-state index in [1.165, 1.54) is 49.5 Å². The van der Waals surface area contributed by atoms with Crippen molar-refractivity contribution in [3.05, 3.63) is 133 Å². The van der Waals surface area contributed by atoms with Gasteiger partial charge in [0.1, 0.15) is 0 Å². The zero-order chi connectivity index (χ0) is 26.6. The predicted molar refractivity (Wildman–Crippen MR) is 174 cm³/mol. The van der Waals surface area contributed by atoms with Crippen molar-refractivity contribution in [2.24, 2.45) is 0 Å². The maximum atomic E-state index is 5.16. The third-order valence-electron chi connectivity index (χ3n) is 7.62. The number of benzene rings is 6. The molecule has 0 aliphatic rings. The van der Waals surface area contributed by atoms with Crippen molar-refractivity contribution in [2.45, 2.75) is 5.11 Å². The molecule has 6 aromatic carbocycles. The number of imidazole rings is 1. The Morgan fingerprint density at radius 1 is 0.513 bits per heavy atom. The van der Waals surface area contributed by atoms with Gasteiger partial charge in [0.25, 0.3) is 0 Å². The van der Waals surface area contributed by atoms with Gasteiger partial charge in [-0.2, -0.15) is 0 Å². The molecule has 0 amide bonds. The van der Waals surface area contributed by atoms with E-state index in [-0.39, 0.29) is 5.11 Å². The minimum absolute atomic E-state index is 0.135. The molecule has 1 heterocycles. The number of hydrogen-bond donors (Lipinski definition) is 0. The number of nitrogens with zero attached hydrogens (tertiary/aromatic N) is 2. The quantitative estimate of drug-likeness (QED) is 0.227. The van der Waals surface area contributed by atoms with Gasteiger partial charge in [0.05, 0.1) is 46.1 Å². The standard InChI is InChI=1S/C34H27B3N2/c35-34(36,37)33-38-29-19-8-9-20-30(29)39(33)32-27-17-6-4-15-25(27)31(26-16-5-7-18-28(26)32)24-14-10-13-23(21-24)22-11-2-1-3-12-22/h1-21H,35-37H2. The van der Waals surface area contributed by atoms with Crippen molar-refractivity contribution < 1.29 is 0 Å². The van der Waals surface area contributed by atoms with Crippen molar-refractivity contribution >= 4 is 56.1 Å². The Morgan fingerprint density at radius 2 is 1.05 bits per heavy atom. The molecule has 0 radical (unpaired) electrons. The molecule has 0 aliphatic heterocycles. The largest absolute Gasteiger partial charge is 0.296 e. The van der Waals surface area contributed by atoms with Crippen molar-refractivity contribution in [3.63, 3.8) is 0 Å². The Kier molecular flexibility index (Phi) is 5.49. The maximum absolute atomic E-state index is 5.16. The molecule has 0 fully saturated rings. The first kappa shape index (κ1) is 23.6. The van der Waals surface area contributed by atoms with Crippen molar-refractivity contribution in [2.75, 3.05) is 0 Å². The second kappa shape index (κ2) is 9.06. The minimum atomic E-state index is -0.135. The van der Waals surface area contributed by atoms with Crippen molar-refractivity contribution in [1.29, 1.82) is 0 Å². The summed E-state index contributed by atoms with van der Waals surface area (Å²) in [5.74, 6) is 1.07. The second-order valence-corrected chi connectivity index (χ2v) is 11.3. The van der Waals surface area contributed by atoms with Crippen LogP contribution in [0, 0.1) is 0 Å². The van der Waals surface area contributed by atoms with Gasteiger partial charge in [0.15, 0.2) is 0 Å². The summed E-state index contributed by atoms with van der Waals surface area (Å²) in [5, 5.41) is 4.81. The predicted octanol–water partition coefficient (Wildman–Crippen LogP) is 5.68. The van der Waals surface area contributed by atoms with Gasteiger partial charge >= 0.3 is 0 Å². The van der Waals surface area contributed by atoms with Gasteiger partial charge in [0.2, 0.25) is 0 Å². The van der Waals surface area contributed by atoms with E-state index in [0.717, 1.165) is 16.9 Å². The number of para-hydroxylation sites is 2. The molecule has 0 aliphatic carbocycles. The molecular weight excluding hydrogens is 469 g/mol. The molecule has 7 rings (SSSR count). The normalized spacial score (nSPS) is 11.9. The van der Waals surface area contributed by atoms with E-state index in [1.54, 1.807) is 0 Å². The maximum Gasteiger partial charge on any atom is 0.0994 e. The molecule has 0 spiro atoms. The van der Waals surface area contributed by atoms with Crippen LogP contribution in [0.3, 0.4) is 0 Å². The molecule has 1 aromatic heterocycles. The lowest BCUT2D eigenvalue weighted by Gasteiger charge is -2.24. The molecule has 5 heteroatoms. The van der Waals surface area contributed by atoms with Crippen LogP contribution < -0.4 is 0 Å². The van der Waals surface area contributed by atoms with E-state index in [9.17, 15) is 0 Å². The molecule has 0 bridgehead atoms. The van der Waals surface area contributed by atoms with Gasteiger partial charge in [-0.05, 0) is 51.2 Å². The Bertz CT molecular complexity index is 1950. The van der Waals surface area contributed by atoms with E-state index in [2.05, 4.69) is 155 Å². The topological polar surface area (TPSA) is 17.8 Å². The average Bonchev–Trinajstić information content (AvgIpc) is 3.36. The summed E-state index contributed by atoms with van der Waals surface area (Å²) in [6.45, 7) is 0. The van der Waals surface area contributed by atoms with Gasteiger partial charge in [-0.15, -0.1) is 0 Å². The van der Waals surface area contributed by atoms with Crippen molar-refractivity contribution in [1.82, 2.24) is 9.55 Å². The number of rotatable bonds is 4. The smallest absolute Gasteiger partial charge is 0.0994 e. The first-order chi connectivity index (χ1) is 19.0. The van der Waals surface area contributed by atoms with Crippen LogP contribution in [-0.2, 0) is 5.11 Å². The molecule has 0 atom stereocenters. The fourth-order valence-electron chi connectivity index (χ4n) is 5.90. The molecule has 182 valence electrons. The molecule has 0 saturated carbocycles. The molecule has 0 N–H and O–H groups in total. The molecular formula is C34H27B3N2.